The van der Waals surface area contributed by atoms with Crippen LogP contribution in [-0.4, -0.2) is 164 Å². The van der Waals surface area contributed by atoms with Gasteiger partial charge in [-0.15, -0.1) is 0 Å². The number of nitrogens with zero attached hydrogens (tertiary/aromatic N) is 4. The predicted molar refractivity (Wildman–Crippen MR) is 226 cm³/mol. The number of hydrogen-bond acceptors (Lipinski definition) is 10. The average Bonchev–Trinajstić information content (AvgIpc) is 3.12. The van der Waals surface area contributed by atoms with Gasteiger partial charge in [-0.05, 0) is 51.1 Å². The molecule has 0 spiro atoms. The molecule has 0 aliphatic rings. The monoisotopic (exact) mass is 830 g/mol. The van der Waals surface area contributed by atoms with Gasteiger partial charge in [0, 0.05) is 32.3 Å². The number of aliphatic hydroxyl groups excluding tert-OH is 1. The van der Waals surface area contributed by atoms with Crippen molar-refractivity contribution >= 4 is 30.8 Å². The fourth-order valence-electron chi connectivity index (χ4n) is 6.62. The van der Waals surface area contributed by atoms with Crippen molar-refractivity contribution in [3.05, 3.63) is 29.8 Å². The Morgan fingerprint density at radius 2 is 1.09 bits per heavy atom. The number of quaternary nitrogens is 1. The highest BCUT2D eigenvalue weighted by Gasteiger charge is 2.30. The number of aliphatic hydroxyl groups is 1. The minimum Gasteiger partial charge on any atom is -0.480 e. The highest BCUT2D eigenvalue weighted by atomic mass is 31.2. The van der Waals surface area contributed by atoms with E-state index in [4.69, 9.17) is 14.2 Å². The summed E-state index contributed by atoms with van der Waals surface area (Å²) in [7, 11) is 6.14. The molecule has 0 aromatic heterocycles. The maximum absolute atomic E-state index is 14.3. The molecule has 57 heavy (non-hydrogen) atoms. The molecule has 0 aliphatic heterocycles. The smallest absolute Gasteiger partial charge is 0.361 e. The van der Waals surface area contributed by atoms with Gasteiger partial charge in [0.25, 0.3) is 0 Å². The van der Waals surface area contributed by atoms with Gasteiger partial charge in [-0.1, -0.05) is 102 Å². The van der Waals surface area contributed by atoms with E-state index in [1.807, 2.05) is 40.1 Å². The van der Waals surface area contributed by atoms with Crippen molar-refractivity contribution in [2.24, 2.45) is 0 Å². The van der Waals surface area contributed by atoms with Gasteiger partial charge in [-0.3, -0.25) is 33.3 Å². The van der Waals surface area contributed by atoms with Crippen LogP contribution >= 0.6 is 7.60 Å². The number of benzene rings is 1. The molecule has 1 aromatic carbocycles. The summed E-state index contributed by atoms with van der Waals surface area (Å²) in [5.74, 6) is -3.41. The van der Waals surface area contributed by atoms with Crippen LogP contribution in [0.1, 0.15) is 108 Å². The predicted octanol–water partition coefficient (Wildman–Crippen LogP) is 5.81. The molecule has 1 rings (SSSR count). The minimum atomic E-state index is -3.68. The number of likely N-dealkylation sites (N-methyl/N-ethyl adjacent to an activating group) is 2. The number of rotatable bonds is 38. The zero-order valence-electron chi connectivity index (χ0n) is 36.0. The molecule has 0 aliphatic carbocycles. The van der Waals surface area contributed by atoms with Crippen molar-refractivity contribution in [3.63, 3.8) is 0 Å². The van der Waals surface area contributed by atoms with Gasteiger partial charge in [-0.25, -0.2) is 0 Å². The molecule has 2 atom stereocenters. The highest BCUT2D eigenvalue weighted by molar-refractivity contribution is 7.62. The largest absolute Gasteiger partial charge is 0.480 e. The van der Waals surface area contributed by atoms with Crippen molar-refractivity contribution in [2.75, 3.05) is 101 Å². The SMILES string of the molecule is CN(C)CCN(CC(=O)O)CC(Cc1ccc(P(=O)(OCCCCCCCCCCCCCCCCCCO)OCC[N+](C)(C)C)cc1)N(CC(=O)O)CC(=O)O. The van der Waals surface area contributed by atoms with Crippen LogP contribution in [0.2, 0.25) is 0 Å². The van der Waals surface area contributed by atoms with Crippen molar-refractivity contribution in [1.29, 1.82) is 0 Å². The van der Waals surface area contributed by atoms with Crippen molar-refractivity contribution in [1.82, 2.24) is 14.7 Å². The Hall–Kier alpha value is -2.42. The first-order valence-electron chi connectivity index (χ1n) is 21.2. The van der Waals surface area contributed by atoms with Gasteiger partial charge in [0.15, 0.2) is 0 Å². The second-order valence-corrected chi connectivity index (χ2v) is 18.7. The Morgan fingerprint density at radius 3 is 1.51 bits per heavy atom. The van der Waals surface area contributed by atoms with Crippen LogP contribution in [0.25, 0.3) is 0 Å². The standard InChI is InChI=1S/C42H77N4O10P/c1-43(2)26-27-44(34-40(48)49)33-38(45(35-41(50)51)36-42(52)53)32-37-22-24-39(25-23-37)57(54,56-31-28-46(3,4)5)55-30-21-19-17-15-13-11-9-7-6-8-10-12-14-16-18-20-29-47/h22-25,38,47H,6-21,26-36H2,1-5H3,(H2-,48,49,50,51,52,53)/p+1. The molecule has 0 radical (unpaired) electrons. The molecule has 0 saturated carbocycles. The van der Waals surface area contributed by atoms with Gasteiger partial charge in [-0.2, -0.15) is 0 Å². The Morgan fingerprint density at radius 1 is 0.649 bits per heavy atom. The third-order valence-electron chi connectivity index (χ3n) is 9.95. The first-order valence-corrected chi connectivity index (χ1v) is 22.8. The zero-order chi connectivity index (χ0) is 42.5. The molecular formula is C42H78N4O10P+. The molecule has 15 heteroatoms. The summed E-state index contributed by atoms with van der Waals surface area (Å²) in [4.78, 5) is 40.2. The number of carboxylic acid groups (broad SMARTS) is 3. The van der Waals surface area contributed by atoms with Crippen molar-refractivity contribution in [3.8, 4) is 0 Å². The molecule has 0 heterocycles. The third-order valence-corrected chi connectivity index (χ3v) is 11.9. The van der Waals surface area contributed by atoms with Gasteiger partial charge in [0.2, 0.25) is 0 Å². The molecule has 330 valence electrons. The minimum absolute atomic E-state index is 0.131. The van der Waals surface area contributed by atoms with Crippen molar-refractivity contribution < 1.29 is 52.9 Å². The van der Waals surface area contributed by atoms with Gasteiger partial charge < -0.3 is 34.3 Å². The highest BCUT2D eigenvalue weighted by Crippen LogP contribution is 2.47. The lowest BCUT2D eigenvalue weighted by molar-refractivity contribution is -0.870. The van der Waals surface area contributed by atoms with E-state index in [9.17, 15) is 34.3 Å². The Kier molecular flexibility index (Phi) is 28.2. The lowest BCUT2D eigenvalue weighted by Crippen LogP contribution is -2.50. The molecule has 0 saturated heterocycles. The summed E-state index contributed by atoms with van der Waals surface area (Å²) in [5.41, 5.74) is 0.742. The van der Waals surface area contributed by atoms with Gasteiger partial charge in [0.05, 0.1) is 52.7 Å². The van der Waals surface area contributed by atoms with Crippen LogP contribution in [-0.2, 0) is 34.4 Å². The number of aliphatic carboxylic acids is 3. The summed E-state index contributed by atoms with van der Waals surface area (Å²) >= 11 is 0. The summed E-state index contributed by atoms with van der Waals surface area (Å²) in [6.07, 6.45) is 19.2. The molecule has 2 unspecified atom stereocenters. The molecular weight excluding hydrogens is 751 g/mol. The van der Waals surface area contributed by atoms with Gasteiger partial charge >= 0.3 is 25.5 Å². The van der Waals surface area contributed by atoms with Crippen LogP contribution in [0.5, 0.6) is 0 Å². The van der Waals surface area contributed by atoms with Crippen molar-refractivity contribution in [2.45, 2.75) is 115 Å². The maximum Gasteiger partial charge on any atom is 0.361 e. The second-order valence-electron chi connectivity index (χ2n) is 16.7. The summed E-state index contributed by atoms with van der Waals surface area (Å²) in [6, 6.07) is 6.29. The fraction of sp³-hybridized carbons (Fsp3) is 0.786. The topological polar surface area (TPSA) is 177 Å². The summed E-state index contributed by atoms with van der Waals surface area (Å²) in [6.45, 7) is 1.23. The Bertz CT molecular complexity index is 1260. The van der Waals surface area contributed by atoms with E-state index < -0.39 is 44.6 Å². The molecule has 0 fully saturated rings. The van der Waals surface area contributed by atoms with E-state index in [1.54, 1.807) is 29.2 Å². The van der Waals surface area contributed by atoms with E-state index >= 15 is 0 Å². The van der Waals surface area contributed by atoms with Crippen LogP contribution < -0.4 is 5.30 Å². The molecule has 14 nitrogen and oxygen atoms in total. The second kappa shape index (κ2) is 30.6. The van der Waals surface area contributed by atoms with E-state index in [1.165, 1.54) is 75.5 Å². The normalized spacial score (nSPS) is 13.7. The summed E-state index contributed by atoms with van der Waals surface area (Å²) < 4.78 is 27.0. The number of carboxylic acids is 3. The maximum atomic E-state index is 14.3. The van der Waals surface area contributed by atoms with E-state index in [0.717, 1.165) is 37.7 Å². The first kappa shape index (κ1) is 52.6. The number of unbranched alkanes of at least 4 members (excludes halogenated alkanes) is 15. The molecule has 1 aromatic rings. The Balaban J connectivity index is 2.83. The van der Waals surface area contributed by atoms with Crippen LogP contribution in [0.15, 0.2) is 24.3 Å². The third kappa shape index (κ3) is 27.8. The fourth-order valence-corrected chi connectivity index (χ4v) is 8.20. The van der Waals surface area contributed by atoms with Crippen LogP contribution in [0.4, 0.5) is 0 Å². The number of carbonyl (C=O) groups is 3. The number of hydrogen-bond donors (Lipinski definition) is 4. The van der Waals surface area contributed by atoms with E-state index in [-0.39, 0.29) is 26.1 Å². The lowest BCUT2D eigenvalue weighted by Gasteiger charge is -2.34. The Labute approximate surface area is 343 Å². The quantitative estimate of drug-likeness (QED) is 0.0357. The first-order chi connectivity index (χ1) is 27.0. The molecule has 0 amide bonds. The van der Waals surface area contributed by atoms with Crippen LogP contribution in [0, 0.1) is 0 Å². The lowest BCUT2D eigenvalue weighted by atomic mass is 10.0. The molecule has 4 N–H and O–H groups in total. The van der Waals surface area contributed by atoms with Crippen LogP contribution in [0.3, 0.4) is 0 Å². The summed E-state index contributed by atoms with van der Waals surface area (Å²) in [5, 5.41) is 38.1. The van der Waals surface area contributed by atoms with E-state index in [2.05, 4.69) is 0 Å². The average molecular weight is 830 g/mol. The van der Waals surface area contributed by atoms with Gasteiger partial charge in [0.1, 0.15) is 13.2 Å². The van der Waals surface area contributed by atoms with E-state index in [0.29, 0.717) is 42.6 Å². The zero-order valence-corrected chi connectivity index (χ0v) is 36.8. The molecule has 0 bridgehead atoms.